The molecule has 3 aromatic carbocycles. The first-order valence-corrected chi connectivity index (χ1v) is 12.8. The van der Waals surface area contributed by atoms with Crippen molar-refractivity contribution in [2.24, 2.45) is 0 Å². The second kappa shape index (κ2) is 9.07. The topological polar surface area (TPSA) is 40.6 Å². The van der Waals surface area contributed by atoms with Crippen LogP contribution in [-0.2, 0) is 10.0 Å². The molecule has 1 aliphatic rings. The summed E-state index contributed by atoms with van der Waals surface area (Å²) in [7, 11) is -3.45. The number of rotatable bonds is 5. The lowest BCUT2D eigenvalue weighted by atomic mass is 10.2. The van der Waals surface area contributed by atoms with Gasteiger partial charge in [-0.15, -0.1) is 0 Å². The largest absolute Gasteiger partial charge is 0.368 e. The molecule has 4 rings (SSSR count). The lowest BCUT2D eigenvalue weighted by Gasteiger charge is -2.36. The van der Waals surface area contributed by atoms with Crippen LogP contribution in [0.2, 0.25) is 0 Å². The van der Waals surface area contributed by atoms with Crippen molar-refractivity contribution in [1.29, 1.82) is 0 Å². The van der Waals surface area contributed by atoms with E-state index in [9.17, 15) is 8.42 Å². The first kappa shape index (κ1) is 21.9. The molecule has 0 amide bonds. The molecular weight excluding hydrogens is 424 g/mol. The highest BCUT2D eigenvalue weighted by Crippen LogP contribution is 2.37. The lowest BCUT2D eigenvalue weighted by molar-refractivity contribution is 0.384. The van der Waals surface area contributed by atoms with Crippen LogP contribution in [0, 0.1) is 20.8 Å². The molecule has 4 nitrogen and oxygen atoms in total. The number of hydrogen-bond acceptors (Lipinski definition) is 4. The minimum absolute atomic E-state index is 0.373. The molecule has 1 fully saturated rings. The van der Waals surface area contributed by atoms with Gasteiger partial charge in [-0.05, 0) is 56.7 Å². The average molecular weight is 453 g/mol. The Morgan fingerprint density at radius 1 is 0.742 bits per heavy atom. The maximum absolute atomic E-state index is 13.0. The molecule has 31 heavy (non-hydrogen) atoms. The molecule has 1 heterocycles. The predicted octanol–water partition coefficient (Wildman–Crippen LogP) is 5.27. The smallest absolute Gasteiger partial charge is 0.243 e. The Labute approximate surface area is 189 Å². The van der Waals surface area contributed by atoms with Gasteiger partial charge in [-0.2, -0.15) is 4.31 Å². The van der Waals surface area contributed by atoms with E-state index in [2.05, 4.69) is 61.2 Å². The van der Waals surface area contributed by atoms with Gasteiger partial charge < -0.3 is 4.90 Å². The van der Waals surface area contributed by atoms with Crippen LogP contribution in [-0.4, -0.2) is 38.9 Å². The highest BCUT2D eigenvalue weighted by molar-refractivity contribution is 7.99. The van der Waals surface area contributed by atoms with E-state index in [-0.39, 0.29) is 0 Å². The minimum Gasteiger partial charge on any atom is -0.368 e. The molecule has 0 aliphatic carbocycles. The summed E-state index contributed by atoms with van der Waals surface area (Å²) in [6, 6.07) is 22.0. The predicted molar refractivity (Wildman–Crippen MR) is 129 cm³/mol. The fraction of sp³-hybridized carbons (Fsp3) is 0.280. The van der Waals surface area contributed by atoms with Crippen LogP contribution in [0.25, 0.3) is 0 Å². The van der Waals surface area contributed by atoms with E-state index in [1.165, 1.54) is 26.6 Å². The van der Waals surface area contributed by atoms with Gasteiger partial charge in [-0.25, -0.2) is 8.42 Å². The summed E-state index contributed by atoms with van der Waals surface area (Å²) in [5.74, 6) is 0. The molecule has 0 spiro atoms. The summed E-state index contributed by atoms with van der Waals surface area (Å²) in [6.45, 7) is 8.54. The van der Waals surface area contributed by atoms with Crippen molar-refractivity contribution >= 4 is 27.5 Å². The summed E-state index contributed by atoms with van der Waals surface area (Å²) in [5, 5.41) is 0. The maximum Gasteiger partial charge on any atom is 0.243 e. The third-order valence-corrected chi connectivity index (χ3v) is 8.81. The van der Waals surface area contributed by atoms with E-state index in [0.29, 0.717) is 31.1 Å². The van der Waals surface area contributed by atoms with Gasteiger partial charge in [0, 0.05) is 36.0 Å². The highest BCUT2D eigenvalue weighted by atomic mass is 32.2. The Hall–Kier alpha value is -2.28. The SMILES string of the molecule is Cc1ccc(S(=O)(=O)N2CCN(c3ccccc3Sc3ccc(C)cc3C)CC2)cc1. The summed E-state index contributed by atoms with van der Waals surface area (Å²) in [5.41, 5.74) is 4.76. The number of anilines is 1. The molecule has 0 bridgehead atoms. The van der Waals surface area contributed by atoms with Crippen molar-refractivity contribution in [2.75, 3.05) is 31.1 Å². The standard InChI is InChI=1S/C25H28N2O2S2/c1-19-8-11-22(12-9-19)31(28,29)27-16-14-26(15-17-27)23-6-4-5-7-25(23)30-24-13-10-20(2)18-21(24)3/h4-13,18H,14-17H2,1-3H3. The Bertz CT molecular complexity index is 1170. The summed E-state index contributed by atoms with van der Waals surface area (Å²) in [4.78, 5) is 5.12. The summed E-state index contributed by atoms with van der Waals surface area (Å²) in [6.07, 6.45) is 0. The molecule has 1 saturated heterocycles. The van der Waals surface area contributed by atoms with Crippen LogP contribution in [0.5, 0.6) is 0 Å². The van der Waals surface area contributed by atoms with Crippen molar-refractivity contribution in [2.45, 2.75) is 35.5 Å². The monoisotopic (exact) mass is 452 g/mol. The normalized spacial score (nSPS) is 15.3. The van der Waals surface area contributed by atoms with Gasteiger partial charge in [0.25, 0.3) is 0 Å². The van der Waals surface area contributed by atoms with Crippen molar-refractivity contribution in [3.63, 3.8) is 0 Å². The number of hydrogen-bond donors (Lipinski definition) is 0. The van der Waals surface area contributed by atoms with E-state index in [4.69, 9.17) is 0 Å². The fourth-order valence-corrected chi connectivity index (χ4v) is 6.33. The quantitative estimate of drug-likeness (QED) is 0.528. The summed E-state index contributed by atoms with van der Waals surface area (Å²) >= 11 is 1.77. The van der Waals surface area contributed by atoms with Gasteiger partial charge in [0.05, 0.1) is 10.6 Å². The molecule has 6 heteroatoms. The van der Waals surface area contributed by atoms with Crippen LogP contribution < -0.4 is 4.90 Å². The van der Waals surface area contributed by atoms with Crippen LogP contribution in [0.3, 0.4) is 0 Å². The Morgan fingerprint density at radius 3 is 2.06 bits per heavy atom. The highest BCUT2D eigenvalue weighted by Gasteiger charge is 2.29. The number of nitrogens with zero attached hydrogens (tertiary/aromatic N) is 2. The van der Waals surface area contributed by atoms with Crippen molar-refractivity contribution < 1.29 is 8.42 Å². The van der Waals surface area contributed by atoms with Gasteiger partial charge in [-0.1, -0.05) is 59.3 Å². The van der Waals surface area contributed by atoms with Crippen LogP contribution >= 0.6 is 11.8 Å². The van der Waals surface area contributed by atoms with Crippen molar-refractivity contribution in [3.8, 4) is 0 Å². The Balaban J connectivity index is 1.50. The van der Waals surface area contributed by atoms with Gasteiger partial charge in [0.1, 0.15) is 0 Å². The zero-order chi connectivity index (χ0) is 22.0. The van der Waals surface area contributed by atoms with E-state index in [0.717, 1.165) is 5.56 Å². The van der Waals surface area contributed by atoms with Crippen LogP contribution in [0.1, 0.15) is 16.7 Å². The third kappa shape index (κ3) is 4.81. The van der Waals surface area contributed by atoms with Crippen molar-refractivity contribution in [1.82, 2.24) is 4.31 Å². The number of piperazine rings is 1. The zero-order valence-corrected chi connectivity index (χ0v) is 19.8. The van der Waals surface area contributed by atoms with Crippen molar-refractivity contribution in [3.05, 3.63) is 83.4 Å². The molecule has 1 aliphatic heterocycles. The van der Waals surface area contributed by atoms with Crippen LogP contribution in [0.4, 0.5) is 5.69 Å². The molecule has 0 saturated carbocycles. The van der Waals surface area contributed by atoms with E-state index >= 15 is 0 Å². The van der Waals surface area contributed by atoms with E-state index < -0.39 is 10.0 Å². The van der Waals surface area contributed by atoms with Gasteiger partial charge in [-0.3, -0.25) is 0 Å². The fourth-order valence-electron chi connectivity index (χ4n) is 3.87. The Kier molecular flexibility index (Phi) is 6.42. The van der Waals surface area contributed by atoms with E-state index in [1.807, 2.05) is 19.1 Å². The second-order valence-corrected chi connectivity index (χ2v) is 11.1. The molecule has 0 unspecified atom stereocenters. The number of para-hydroxylation sites is 1. The molecule has 162 valence electrons. The molecule has 0 radical (unpaired) electrons. The number of benzene rings is 3. The molecular formula is C25H28N2O2S2. The van der Waals surface area contributed by atoms with Gasteiger partial charge in [0.2, 0.25) is 10.0 Å². The van der Waals surface area contributed by atoms with Crippen LogP contribution in [0.15, 0.2) is 81.4 Å². The first-order valence-electron chi connectivity index (χ1n) is 10.5. The lowest BCUT2D eigenvalue weighted by Crippen LogP contribution is -2.48. The molecule has 0 aromatic heterocycles. The first-order chi connectivity index (χ1) is 14.8. The molecule has 3 aromatic rings. The minimum atomic E-state index is -3.45. The number of aryl methyl sites for hydroxylation is 3. The van der Waals surface area contributed by atoms with Gasteiger partial charge in [0.15, 0.2) is 0 Å². The maximum atomic E-state index is 13.0. The van der Waals surface area contributed by atoms with Gasteiger partial charge >= 0.3 is 0 Å². The number of sulfonamides is 1. The molecule has 0 N–H and O–H groups in total. The van der Waals surface area contributed by atoms with E-state index in [1.54, 1.807) is 28.2 Å². The average Bonchev–Trinajstić information content (AvgIpc) is 2.76. The second-order valence-electron chi connectivity index (χ2n) is 8.04. The molecule has 0 atom stereocenters. The third-order valence-electron chi connectivity index (χ3n) is 5.65. The summed E-state index contributed by atoms with van der Waals surface area (Å²) < 4.78 is 27.6. The zero-order valence-electron chi connectivity index (χ0n) is 18.2. The Morgan fingerprint density at radius 2 is 1.39 bits per heavy atom.